The Bertz CT molecular complexity index is 1470. The molecule has 0 bridgehead atoms. The Morgan fingerprint density at radius 1 is 0.481 bits per heavy atom. The van der Waals surface area contributed by atoms with Crippen molar-refractivity contribution < 1.29 is 51.8 Å². The number of ether oxygens (including phenoxy) is 2. The number of aliphatic hydroxyl groups excluding tert-OH is 4. The highest BCUT2D eigenvalue weighted by atomic mass is 32.3. The summed E-state index contributed by atoms with van der Waals surface area (Å²) in [6.07, 6.45) is 63.9. The van der Waals surface area contributed by atoms with Crippen molar-refractivity contribution in [2.24, 2.45) is 0 Å². The van der Waals surface area contributed by atoms with Gasteiger partial charge in [-0.2, -0.15) is 8.42 Å². The molecule has 1 rings (SSSR count). The van der Waals surface area contributed by atoms with Crippen LogP contribution >= 0.6 is 0 Å². The van der Waals surface area contributed by atoms with E-state index in [1.807, 2.05) is 0 Å². The first-order valence-electron chi connectivity index (χ1n) is 35.1. The number of carbonyl (C=O) groups excluding carboxylic acids is 1. The molecule has 0 aromatic heterocycles. The van der Waals surface area contributed by atoms with E-state index in [-0.39, 0.29) is 12.5 Å². The summed E-state index contributed by atoms with van der Waals surface area (Å²) in [7, 11) is -5.08. The number of aliphatic hydroxyl groups is 4. The number of amides is 1. The summed E-state index contributed by atoms with van der Waals surface area (Å²) in [5.41, 5.74) is 0. The van der Waals surface area contributed by atoms with Crippen LogP contribution in [-0.4, -0.2) is 95.4 Å². The first-order valence-corrected chi connectivity index (χ1v) is 36.4. The number of unbranched alkanes of at least 4 members (excludes halogenated alkanes) is 49. The molecule has 0 saturated carbocycles. The third-order valence-electron chi connectivity index (χ3n) is 17.1. The molecule has 7 unspecified atom stereocenters. The standard InChI is InChI=1S/C68H133NO11S/c1-3-5-7-9-11-13-15-17-19-21-23-25-27-28-29-30-31-32-33-34-36-38-40-42-44-46-48-50-52-54-56-58-64(72)69-61(60-78-68-66(74)67(80-81(75,76)77)65(73)63(59-70)79-68)62(71)57-55-53-51-49-47-45-43-41-39-37-35-26-24-22-20-18-16-14-12-10-8-6-4-2/h28-29,61-63,65-68,70-71,73-74H,3-27,30-60H2,1-2H3,(H,69,72)(H,75,76,77)/b29-28-. The largest absolute Gasteiger partial charge is 0.397 e. The highest BCUT2D eigenvalue weighted by molar-refractivity contribution is 7.80. The van der Waals surface area contributed by atoms with Crippen LogP contribution in [0.2, 0.25) is 0 Å². The molecule has 6 N–H and O–H groups in total. The van der Waals surface area contributed by atoms with E-state index in [0.29, 0.717) is 12.8 Å². The van der Waals surface area contributed by atoms with E-state index < -0.39 is 59.9 Å². The average molecular weight is 1170 g/mol. The van der Waals surface area contributed by atoms with Crippen LogP contribution in [0.4, 0.5) is 0 Å². The maximum Gasteiger partial charge on any atom is 0.397 e. The maximum atomic E-state index is 13.2. The minimum Gasteiger partial charge on any atom is -0.394 e. The zero-order valence-electron chi connectivity index (χ0n) is 52.9. The molecule has 12 nitrogen and oxygen atoms in total. The van der Waals surface area contributed by atoms with E-state index in [2.05, 4.69) is 35.5 Å². The molecular formula is C68H133NO11S. The lowest BCUT2D eigenvalue weighted by atomic mass is 9.99. The maximum absolute atomic E-state index is 13.2. The van der Waals surface area contributed by atoms with Crippen molar-refractivity contribution in [2.75, 3.05) is 13.2 Å². The third kappa shape index (κ3) is 49.6. The van der Waals surface area contributed by atoms with Gasteiger partial charge in [0.05, 0.1) is 25.4 Å². The molecule has 7 atom stereocenters. The minimum absolute atomic E-state index is 0.221. The van der Waals surface area contributed by atoms with Gasteiger partial charge in [-0.3, -0.25) is 9.35 Å². The van der Waals surface area contributed by atoms with Crippen LogP contribution in [-0.2, 0) is 28.9 Å². The van der Waals surface area contributed by atoms with Crippen LogP contribution in [0.1, 0.15) is 361 Å². The van der Waals surface area contributed by atoms with E-state index in [9.17, 15) is 38.2 Å². The summed E-state index contributed by atoms with van der Waals surface area (Å²) in [6, 6.07) is -0.857. The molecule has 1 saturated heterocycles. The van der Waals surface area contributed by atoms with Gasteiger partial charge in [-0.05, 0) is 38.5 Å². The van der Waals surface area contributed by atoms with Gasteiger partial charge >= 0.3 is 10.4 Å². The van der Waals surface area contributed by atoms with Gasteiger partial charge in [0, 0.05) is 6.42 Å². The Morgan fingerprint density at radius 3 is 1.11 bits per heavy atom. The van der Waals surface area contributed by atoms with Crippen LogP contribution in [0.3, 0.4) is 0 Å². The molecule has 1 amide bonds. The van der Waals surface area contributed by atoms with Gasteiger partial charge in [-0.1, -0.05) is 328 Å². The molecule has 0 aliphatic carbocycles. The molecule has 1 heterocycles. The van der Waals surface area contributed by atoms with Gasteiger partial charge < -0.3 is 35.2 Å². The summed E-state index contributed by atoms with van der Waals surface area (Å²) < 4.78 is 48.1. The topological polar surface area (TPSA) is 192 Å². The molecule has 1 fully saturated rings. The van der Waals surface area contributed by atoms with Gasteiger partial charge in [-0.15, -0.1) is 0 Å². The van der Waals surface area contributed by atoms with Crippen molar-refractivity contribution in [3.05, 3.63) is 12.2 Å². The Kier molecular flexibility index (Phi) is 55.6. The number of carbonyl (C=O) groups is 1. The highest BCUT2D eigenvalue weighted by Crippen LogP contribution is 2.27. The lowest BCUT2D eigenvalue weighted by Crippen LogP contribution is -2.61. The summed E-state index contributed by atoms with van der Waals surface area (Å²) >= 11 is 0. The number of hydrogen-bond acceptors (Lipinski definition) is 10. The molecule has 1 aliphatic heterocycles. The van der Waals surface area contributed by atoms with E-state index in [0.717, 1.165) is 51.4 Å². The first-order chi connectivity index (χ1) is 39.5. The second-order valence-electron chi connectivity index (χ2n) is 24.8. The Hall–Kier alpha value is -1.16. The zero-order valence-corrected chi connectivity index (χ0v) is 53.7. The van der Waals surface area contributed by atoms with Crippen molar-refractivity contribution in [3.63, 3.8) is 0 Å². The summed E-state index contributed by atoms with van der Waals surface area (Å²) in [5, 5.41) is 45.3. The fourth-order valence-corrected chi connectivity index (χ4v) is 12.2. The summed E-state index contributed by atoms with van der Waals surface area (Å²) in [4.78, 5) is 13.2. The van der Waals surface area contributed by atoms with Gasteiger partial charge in [0.1, 0.15) is 24.4 Å². The number of rotatable bonds is 63. The van der Waals surface area contributed by atoms with Crippen LogP contribution in [0.5, 0.6) is 0 Å². The summed E-state index contributed by atoms with van der Waals surface area (Å²) in [6.45, 7) is 3.53. The second kappa shape index (κ2) is 57.9. The number of hydrogen-bond donors (Lipinski definition) is 6. The Morgan fingerprint density at radius 2 is 0.790 bits per heavy atom. The second-order valence-corrected chi connectivity index (χ2v) is 25.9. The molecule has 0 spiro atoms. The normalized spacial score (nSPS) is 18.5. The minimum atomic E-state index is -5.08. The summed E-state index contributed by atoms with van der Waals surface area (Å²) in [5.74, 6) is -0.221. The average Bonchev–Trinajstić information content (AvgIpc) is 3.51. The van der Waals surface area contributed by atoms with E-state index >= 15 is 0 Å². The molecule has 1 aliphatic rings. The monoisotopic (exact) mass is 1170 g/mol. The molecule has 81 heavy (non-hydrogen) atoms. The van der Waals surface area contributed by atoms with Crippen LogP contribution < -0.4 is 5.32 Å². The molecule has 0 radical (unpaired) electrons. The predicted molar refractivity (Wildman–Crippen MR) is 338 cm³/mol. The lowest BCUT2D eigenvalue weighted by Gasteiger charge is -2.41. The third-order valence-corrected chi connectivity index (χ3v) is 17.5. The van der Waals surface area contributed by atoms with Crippen molar-refractivity contribution in [1.82, 2.24) is 5.32 Å². The van der Waals surface area contributed by atoms with Crippen LogP contribution in [0.15, 0.2) is 12.2 Å². The molecule has 482 valence electrons. The molecule has 0 aromatic carbocycles. The van der Waals surface area contributed by atoms with Crippen molar-refractivity contribution in [1.29, 1.82) is 0 Å². The number of nitrogens with one attached hydrogen (secondary N) is 1. The van der Waals surface area contributed by atoms with Crippen molar-refractivity contribution in [3.8, 4) is 0 Å². The van der Waals surface area contributed by atoms with Crippen LogP contribution in [0, 0.1) is 0 Å². The molecular weight excluding hydrogens is 1040 g/mol. The molecule has 13 heteroatoms. The van der Waals surface area contributed by atoms with Crippen LogP contribution in [0.25, 0.3) is 0 Å². The van der Waals surface area contributed by atoms with Gasteiger partial charge in [-0.25, -0.2) is 4.18 Å². The first kappa shape index (κ1) is 77.9. The SMILES string of the molecule is CCCCCCCCCCCCCC/C=C\CCCCCCCCCCCCCCCCCC(=O)NC(COC1OC(CO)C(O)C(OS(=O)(=O)O)C1O)C(O)CCCCCCCCCCCCCCCCCCCCCCCCC. The van der Waals surface area contributed by atoms with E-state index in [1.54, 1.807) is 0 Å². The van der Waals surface area contributed by atoms with Gasteiger partial charge in [0.2, 0.25) is 5.91 Å². The Labute approximate surface area is 500 Å². The predicted octanol–water partition coefficient (Wildman–Crippen LogP) is 18.1. The lowest BCUT2D eigenvalue weighted by molar-refractivity contribution is -0.298. The smallest absolute Gasteiger partial charge is 0.394 e. The van der Waals surface area contributed by atoms with Gasteiger partial charge in [0.25, 0.3) is 0 Å². The zero-order chi connectivity index (χ0) is 59.0. The van der Waals surface area contributed by atoms with Gasteiger partial charge in [0.15, 0.2) is 6.29 Å². The fraction of sp³-hybridized carbons (Fsp3) is 0.956. The van der Waals surface area contributed by atoms with Crippen molar-refractivity contribution >= 4 is 16.3 Å². The highest BCUT2D eigenvalue weighted by Gasteiger charge is 2.48. The fourth-order valence-electron chi connectivity index (χ4n) is 11.7. The van der Waals surface area contributed by atoms with Crippen molar-refractivity contribution in [2.45, 2.75) is 403 Å². The Balaban J connectivity index is 2.22. The van der Waals surface area contributed by atoms with E-state index in [1.165, 1.54) is 283 Å². The number of allylic oxidation sites excluding steroid dienone is 2. The molecule has 0 aromatic rings. The van der Waals surface area contributed by atoms with E-state index in [4.69, 9.17) is 9.47 Å². The quantitative estimate of drug-likeness (QED) is 0.0193.